The molecule has 0 aliphatic carbocycles. The van der Waals surface area contributed by atoms with Crippen molar-refractivity contribution in [2.75, 3.05) is 0 Å². The minimum absolute atomic E-state index is 0. The minimum atomic E-state index is -6.72. The molecule has 0 heterocycles. The number of halogens is 6. The van der Waals surface area contributed by atoms with Crippen LogP contribution < -0.4 is 10.2 Å². The molecule has 7 nitrogen and oxygen atoms in total. The summed E-state index contributed by atoms with van der Waals surface area (Å²) in [6, 6.07) is 50.5. The average molecular weight is 798 g/mol. The van der Waals surface area contributed by atoms with Crippen LogP contribution in [-0.4, -0.2) is 45.2 Å². The van der Waals surface area contributed by atoms with Crippen molar-refractivity contribution in [1.82, 2.24) is 0 Å². The Morgan fingerprint density at radius 1 is 0.370 bits per heavy atom. The summed E-state index contributed by atoms with van der Waals surface area (Å²) >= 11 is 0. The molecule has 0 saturated heterocycles. The van der Waals surface area contributed by atoms with Gasteiger partial charge < -0.3 is 14.3 Å². The zero-order valence-corrected chi connectivity index (χ0v) is 30.4. The fourth-order valence-corrected chi connectivity index (χ4v) is 6.38. The van der Waals surface area contributed by atoms with E-state index in [1.54, 1.807) is 0 Å². The van der Waals surface area contributed by atoms with Crippen molar-refractivity contribution in [3.63, 3.8) is 0 Å². The van der Waals surface area contributed by atoms with Crippen LogP contribution in [-0.2, 0) is 20.0 Å². The maximum Gasteiger partial charge on any atom is 3.00 e. The molecule has 0 saturated carbocycles. The molecule has 54 heavy (non-hydrogen) atoms. The molecule has 0 N–H and O–H groups in total. The first-order valence-corrected chi connectivity index (χ1v) is 18.0. The van der Waals surface area contributed by atoms with E-state index < -0.39 is 31.1 Å². The van der Waals surface area contributed by atoms with Gasteiger partial charge in [-0.1, -0.05) is 169 Å². The van der Waals surface area contributed by atoms with Crippen LogP contribution in [0.5, 0.6) is 11.5 Å². The number of sulfonamides is 2. The maximum atomic E-state index is 12.6. The molecule has 0 atom stereocenters. The molecule has 0 fully saturated rings. The van der Waals surface area contributed by atoms with Crippen molar-refractivity contribution in [3.05, 3.63) is 162 Å². The molecule has 0 bridgehead atoms. The van der Waals surface area contributed by atoms with Gasteiger partial charge in [0.25, 0.3) is 0 Å². The van der Waals surface area contributed by atoms with Crippen LogP contribution >= 0.6 is 0 Å². The number of nitrogens with zero attached hydrogens (tertiary/aromatic N) is 1. The molecule has 0 aliphatic rings. The molecular weight excluding hydrogens is 772 g/mol. The second kappa shape index (κ2) is 18.3. The molecule has 0 radical (unpaired) electrons. The molecule has 6 rings (SSSR count). The van der Waals surface area contributed by atoms with E-state index in [9.17, 15) is 53.4 Å². The molecule has 6 aromatic rings. The Morgan fingerprint density at radius 3 is 0.759 bits per heavy atom. The van der Waals surface area contributed by atoms with Gasteiger partial charge in [0.1, 0.15) is 0 Å². The van der Waals surface area contributed by atoms with E-state index in [1.807, 2.05) is 158 Å². The van der Waals surface area contributed by atoms with Gasteiger partial charge >= 0.3 is 28.4 Å². The predicted octanol–water partition coefficient (Wildman–Crippen LogP) is 8.87. The summed E-state index contributed by atoms with van der Waals surface area (Å²) in [5, 5.41) is 25.1. The van der Waals surface area contributed by atoms with Gasteiger partial charge in [0.2, 0.25) is 0 Å². The van der Waals surface area contributed by atoms with Crippen LogP contribution in [0.1, 0.15) is 0 Å². The second-order valence-corrected chi connectivity index (χ2v) is 14.2. The Hall–Kier alpha value is -5.11. The molecule has 0 aromatic heterocycles. The Kier molecular flexibility index (Phi) is 14.7. The van der Waals surface area contributed by atoms with Crippen LogP contribution in [0.4, 0.5) is 26.3 Å². The number of para-hydroxylation sites is 2. The molecule has 276 valence electrons. The first kappa shape index (κ1) is 43.3. The molecule has 16 heteroatoms. The third-order valence-corrected chi connectivity index (χ3v) is 9.89. The minimum Gasteiger partial charge on any atom is -0.872 e. The summed E-state index contributed by atoms with van der Waals surface area (Å²) in [6.45, 7) is 0. The number of alkyl halides is 6. The van der Waals surface area contributed by atoms with Crippen molar-refractivity contribution in [3.8, 4) is 56.0 Å². The van der Waals surface area contributed by atoms with Gasteiger partial charge in [-0.15, -0.1) is 0 Å². The molecular formula is C38H26AlF6NO6S2. The van der Waals surface area contributed by atoms with Crippen molar-refractivity contribution in [2.24, 2.45) is 0 Å². The first-order valence-electron chi connectivity index (χ1n) is 15.1. The molecule has 0 aliphatic heterocycles. The Bertz CT molecular complexity index is 2050. The van der Waals surface area contributed by atoms with Crippen LogP contribution in [0.2, 0.25) is 0 Å². The average Bonchev–Trinajstić information content (AvgIpc) is 3.12. The smallest absolute Gasteiger partial charge is 0.872 e. The van der Waals surface area contributed by atoms with E-state index in [2.05, 4.69) is 0 Å². The van der Waals surface area contributed by atoms with Gasteiger partial charge in [-0.05, 0) is 44.5 Å². The van der Waals surface area contributed by atoms with E-state index >= 15 is 0 Å². The Labute approximate surface area is 318 Å². The maximum absolute atomic E-state index is 12.6. The van der Waals surface area contributed by atoms with Gasteiger partial charge in [-0.3, -0.25) is 0 Å². The van der Waals surface area contributed by atoms with Crippen LogP contribution in [0.25, 0.3) is 48.6 Å². The molecule has 0 spiro atoms. The van der Waals surface area contributed by atoms with Crippen molar-refractivity contribution >= 4 is 37.4 Å². The summed E-state index contributed by atoms with van der Waals surface area (Å²) in [5.41, 5.74) is -5.55. The summed E-state index contributed by atoms with van der Waals surface area (Å²) in [7, 11) is -13.4. The summed E-state index contributed by atoms with van der Waals surface area (Å²) < 4.78 is 109. The van der Waals surface area contributed by atoms with Gasteiger partial charge in [0.15, 0.2) is 20.0 Å². The summed E-state index contributed by atoms with van der Waals surface area (Å²) in [5.74, 6) is 0.166. The fraction of sp³-hybridized carbons (Fsp3) is 0.0526. The largest absolute Gasteiger partial charge is 3.00 e. The summed E-state index contributed by atoms with van der Waals surface area (Å²) in [6.07, 6.45) is 0. The van der Waals surface area contributed by atoms with Crippen LogP contribution in [0, 0.1) is 0 Å². The van der Waals surface area contributed by atoms with Crippen molar-refractivity contribution in [1.29, 1.82) is 0 Å². The standard InChI is InChI=1S/2C18H14O.C2F6NO4S2.Al/c2*19-18-16(14-8-3-1-4-9-14)12-7-13-17(18)15-10-5-2-6-11-15;3-1(4,5)14(10,11)9-15(12,13)2(6,7)8;/h2*1-13,19H;;/q;;-1;+3/p-2. The molecule has 6 aromatic carbocycles. The predicted molar refractivity (Wildman–Crippen MR) is 193 cm³/mol. The SMILES string of the molecule is O=S(=O)([N-]S(=O)(=O)C(F)(F)F)C(F)(F)F.[Al+3].[O-]c1c(-c2ccccc2)cccc1-c1ccccc1.[O-]c1c(-c2ccccc2)cccc1-c1ccccc1. The summed E-state index contributed by atoms with van der Waals surface area (Å²) in [4.78, 5) is 0. The van der Waals surface area contributed by atoms with E-state index in [-0.39, 0.29) is 28.9 Å². The number of hydrogen-bond acceptors (Lipinski definition) is 6. The number of benzene rings is 6. The van der Waals surface area contributed by atoms with Crippen LogP contribution in [0.15, 0.2) is 158 Å². The quantitative estimate of drug-likeness (QED) is 0.122. The Morgan fingerprint density at radius 2 is 0.574 bits per heavy atom. The normalized spacial score (nSPS) is 11.5. The third-order valence-electron chi connectivity index (χ3n) is 7.15. The number of hydrogen-bond donors (Lipinski definition) is 0. The van der Waals surface area contributed by atoms with Gasteiger partial charge in [-0.2, -0.15) is 26.3 Å². The second-order valence-electron chi connectivity index (χ2n) is 10.7. The zero-order chi connectivity index (χ0) is 38.9. The van der Waals surface area contributed by atoms with Gasteiger partial charge in [-0.25, -0.2) is 16.8 Å². The topological polar surface area (TPSA) is 128 Å². The first-order chi connectivity index (χ1) is 24.9. The van der Waals surface area contributed by atoms with Crippen molar-refractivity contribution < 1.29 is 53.4 Å². The van der Waals surface area contributed by atoms with Crippen molar-refractivity contribution in [2.45, 2.75) is 11.0 Å². The number of rotatable bonds is 6. The van der Waals surface area contributed by atoms with E-state index in [0.717, 1.165) is 48.6 Å². The van der Waals surface area contributed by atoms with E-state index in [0.29, 0.717) is 0 Å². The van der Waals surface area contributed by atoms with E-state index in [1.165, 1.54) is 0 Å². The van der Waals surface area contributed by atoms with Crippen LogP contribution in [0.3, 0.4) is 0 Å². The fourth-order valence-electron chi connectivity index (χ4n) is 4.67. The monoisotopic (exact) mass is 797 g/mol. The third kappa shape index (κ3) is 11.0. The van der Waals surface area contributed by atoms with E-state index in [4.69, 9.17) is 0 Å². The van der Waals surface area contributed by atoms with Gasteiger partial charge in [0.05, 0.1) is 0 Å². The zero-order valence-electron chi connectivity index (χ0n) is 27.6. The molecule has 0 amide bonds. The Balaban J connectivity index is 0.000000218. The molecule has 0 unspecified atom stereocenters. The van der Waals surface area contributed by atoms with Gasteiger partial charge in [0, 0.05) is 0 Å².